The first-order valence-electron chi connectivity index (χ1n) is 3.95. The van der Waals surface area contributed by atoms with Crippen LogP contribution in [0, 0.1) is 0 Å². The Labute approximate surface area is 97.1 Å². The molecule has 0 saturated carbocycles. The maximum absolute atomic E-state index is 12.1. The topological polar surface area (TPSA) is 51.6 Å². The highest BCUT2D eigenvalue weighted by Crippen LogP contribution is 2.39. The average molecular weight is 302 g/mol. The van der Waals surface area contributed by atoms with Crippen LogP contribution in [0.4, 0.5) is 13.2 Å². The van der Waals surface area contributed by atoms with Crippen molar-refractivity contribution in [3.8, 4) is 17.4 Å². The maximum Gasteiger partial charge on any atom is 0.573 e. The van der Waals surface area contributed by atoms with Crippen molar-refractivity contribution in [1.29, 1.82) is 0 Å². The fourth-order valence-electron chi connectivity index (χ4n) is 0.997. The lowest BCUT2D eigenvalue weighted by molar-refractivity contribution is -0.275. The minimum atomic E-state index is -4.88. The van der Waals surface area contributed by atoms with Crippen molar-refractivity contribution in [1.82, 2.24) is 4.98 Å². The molecule has 0 radical (unpaired) electrons. The van der Waals surface area contributed by atoms with Crippen LogP contribution in [0.15, 0.2) is 6.20 Å². The number of halogens is 4. The van der Waals surface area contributed by atoms with E-state index in [0.29, 0.717) is 0 Å². The summed E-state index contributed by atoms with van der Waals surface area (Å²) in [7, 11) is 1.15. The zero-order chi connectivity index (χ0) is 12.3. The number of rotatable bonds is 3. The molecule has 90 valence electrons. The van der Waals surface area contributed by atoms with Gasteiger partial charge in [0.25, 0.3) is 5.88 Å². The number of hydrogen-bond acceptors (Lipinski definition) is 4. The zero-order valence-corrected chi connectivity index (χ0v) is 9.59. The highest BCUT2D eigenvalue weighted by atomic mass is 79.9. The number of aromatic hydroxyl groups is 1. The van der Waals surface area contributed by atoms with Crippen molar-refractivity contribution >= 4 is 15.9 Å². The van der Waals surface area contributed by atoms with Gasteiger partial charge in [0.2, 0.25) is 0 Å². The monoisotopic (exact) mass is 301 g/mol. The number of aromatic nitrogens is 1. The summed E-state index contributed by atoms with van der Waals surface area (Å²) in [4.78, 5) is 3.47. The first kappa shape index (κ1) is 12.9. The summed E-state index contributed by atoms with van der Waals surface area (Å²) < 4.78 is 44.7. The van der Waals surface area contributed by atoms with Gasteiger partial charge < -0.3 is 14.6 Å². The minimum Gasteiger partial charge on any atom is -0.506 e. The summed E-state index contributed by atoms with van der Waals surface area (Å²) in [6.45, 7) is 0. The Balaban J connectivity index is 3.25. The minimum absolute atomic E-state index is 0.0247. The molecule has 0 atom stereocenters. The molecule has 0 aromatic carbocycles. The molecule has 0 spiro atoms. The molecule has 1 aromatic heterocycles. The first-order valence-corrected chi connectivity index (χ1v) is 5.07. The molecule has 0 unspecified atom stereocenters. The highest BCUT2D eigenvalue weighted by molar-refractivity contribution is 9.08. The molecular weight excluding hydrogens is 295 g/mol. The Kier molecular flexibility index (Phi) is 3.84. The number of nitrogens with zero attached hydrogens (tertiary/aromatic N) is 1. The number of methoxy groups -OCH3 is 1. The van der Waals surface area contributed by atoms with Crippen LogP contribution in [-0.4, -0.2) is 23.6 Å². The molecule has 0 bridgehead atoms. The van der Waals surface area contributed by atoms with E-state index in [1.54, 1.807) is 0 Å². The van der Waals surface area contributed by atoms with E-state index in [0.717, 1.165) is 13.3 Å². The lowest BCUT2D eigenvalue weighted by atomic mass is 10.2. The Morgan fingerprint density at radius 1 is 1.50 bits per heavy atom. The second-order valence-electron chi connectivity index (χ2n) is 2.64. The second kappa shape index (κ2) is 4.77. The Hall–Kier alpha value is -1.18. The van der Waals surface area contributed by atoms with E-state index >= 15 is 0 Å². The Morgan fingerprint density at radius 3 is 2.56 bits per heavy atom. The number of hydrogen-bond donors (Lipinski definition) is 1. The van der Waals surface area contributed by atoms with Gasteiger partial charge in [0.15, 0.2) is 5.75 Å². The van der Waals surface area contributed by atoms with Gasteiger partial charge in [0.1, 0.15) is 5.75 Å². The van der Waals surface area contributed by atoms with Crippen LogP contribution in [0.1, 0.15) is 5.56 Å². The Morgan fingerprint density at radius 2 is 2.12 bits per heavy atom. The van der Waals surface area contributed by atoms with Gasteiger partial charge in [-0.05, 0) is 0 Å². The van der Waals surface area contributed by atoms with Gasteiger partial charge in [-0.25, -0.2) is 4.98 Å². The van der Waals surface area contributed by atoms with Crippen molar-refractivity contribution in [3.63, 3.8) is 0 Å². The fourth-order valence-corrected chi connectivity index (χ4v) is 1.54. The number of pyridine rings is 1. The van der Waals surface area contributed by atoms with Crippen molar-refractivity contribution in [2.75, 3.05) is 7.11 Å². The SMILES string of the molecule is COc1ncc(O)c(CBr)c1OC(F)(F)F. The summed E-state index contributed by atoms with van der Waals surface area (Å²) in [6, 6.07) is 0. The van der Waals surface area contributed by atoms with E-state index in [1.165, 1.54) is 0 Å². The summed E-state index contributed by atoms with van der Waals surface area (Å²) in [5.74, 6) is -1.40. The van der Waals surface area contributed by atoms with Crippen molar-refractivity contribution in [2.45, 2.75) is 11.7 Å². The summed E-state index contributed by atoms with van der Waals surface area (Å²) in [6.07, 6.45) is -3.89. The molecule has 1 heterocycles. The summed E-state index contributed by atoms with van der Waals surface area (Å²) in [5.41, 5.74) is -0.0795. The molecule has 1 rings (SSSR count). The standard InChI is InChI=1S/C8H7BrF3NO3/c1-15-7-6(16-8(10,11)12)4(2-9)5(14)3-13-7/h3,14H,2H2,1H3. The smallest absolute Gasteiger partial charge is 0.506 e. The Bertz CT molecular complexity index is 384. The highest BCUT2D eigenvalue weighted by Gasteiger charge is 2.34. The lowest BCUT2D eigenvalue weighted by Crippen LogP contribution is -2.19. The quantitative estimate of drug-likeness (QED) is 0.872. The van der Waals surface area contributed by atoms with Crippen LogP contribution in [0.5, 0.6) is 17.4 Å². The summed E-state index contributed by atoms with van der Waals surface area (Å²) >= 11 is 2.94. The van der Waals surface area contributed by atoms with Crippen LogP contribution in [0.25, 0.3) is 0 Å². The van der Waals surface area contributed by atoms with E-state index in [-0.39, 0.29) is 16.8 Å². The third-order valence-electron chi connectivity index (χ3n) is 1.63. The molecular formula is C8H7BrF3NO3. The molecule has 1 aromatic rings. The van der Waals surface area contributed by atoms with Crippen LogP contribution in [0.3, 0.4) is 0 Å². The maximum atomic E-state index is 12.1. The molecule has 8 heteroatoms. The van der Waals surface area contributed by atoms with Gasteiger partial charge in [-0.1, -0.05) is 15.9 Å². The molecule has 4 nitrogen and oxygen atoms in total. The van der Waals surface area contributed by atoms with Gasteiger partial charge in [0.05, 0.1) is 18.9 Å². The van der Waals surface area contributed by atoms with Crippen molar-refractivity contribution in [3.05, 3.63) is 11.8 Å². The van der Waals surface area contributed by atoms with Gasteiger partial charge in [-0.2, -0.15) is 0 Å². The normalized spacial score (nSPS) is 11.3. The van der Waals surface area contributed by atoms with Gasteiger partial charge in [-0.3, -0.25) is 0 Å². The fraction of sp³-hybridized carbons (Fsp3) is 0.375. The molecule has 0 saturated heterocycles. The van der Waals surface area contributed by atoms with Gasteiger partial charge in [0, 0.05) is 5.33 Å². The third kappa shape index (κ3) is 2.91. The largest absolute Gasteiger partial charge is 0.573 e. The van der Waals surface area contributed by atoms with E-state index in [4.69, 9.17) is 0 Å². The molecule has 0 fully saturated rings. The van der Waals surface area contributed by atoms with Crippen LogP contribution < -0.4 is 9.47 Å². The van der Waals surface area contributed by atoms with Crippen LogP contribution in [0.2, 0.25) is 0 Å². The van der Waals surface area contributed by atoms with Crippen LogP contribution in [-0.2, 0) is 5.33 Å². The van der Waals surface area contributed by atoms with Crippen LogP contribution >= 0.6 is 15.9 Å². The van der Waals surface area contributed by atoms with E-state index in [9.17, 15) is 18.3 Å². The molecule has 16 heavy (non-hydrogen) atoms. The third-order valence-corrected chi connectivity index (χ3v) is 2.19. The predicted octanol–water partition coefficient (Wildman–Crippen LogP) is 2.59. The van der Waals surface area contributed by atoms with E-state index < -0.39 is 17.9 Å². The molecule has 0 aliphatic heterocycles. The molecule has 0 aliphatic carbocycles. The predicted molar refractivity (Wildman–Crippen MR) is 51.8 cm³/mol. The number of ether oxygens (including phenoxy) is 2. The van der Waals surface area contributed by atoms with Gasteiger partial charge in [-0.15, -0.1) is 13.2 Å². The molecule has 0 aliphatic rings. The molecule has 1 N–H and O–H groups in total. The zero-order valence-electron chi connectivity index (χ0n) is 8.01. The van der Waals surface area contributed by atoms with E-state index in [2.05, 4.69) is 30.4 Å². The van der Waals surface area contributed by atoms with E-state index in [1.807, 2.05) is 0 Å². The average Bonchev–Trinajstić information content (AvgIpc) is 2.16. The lowest BCUT2D eigenvalue weighted by Gasteiger charge is -2.15. The summed E-state index contributed by atoms with van der Waals surface area (Å²) in [5, 5.41) is 9.29. The molecule has 0 amide bonds. The van der Waals surface area contributed by atoms with Gasteiger partial charge >= 0.3 is 6.36 Å². The first-order chi connectivity index (χ1) is 7.39. The van der Waals surface area contributed by atoms with Crippen molar-refractivity contribution in [2.24, 2.45) is 0 Å². The second-order valence-corrected chi connectivity index (χ2v) is 3.20. The number of alkyl halides is 4. The van der Waals surface area contributed by atoms with Crippen molar-refractivity contribution < 1.29 is 27.8 Å².